The maximum Gasteiger partial charge on any atom is 0.319 e. The van der Waals surface area contributed by atoms with E-state index in [1.807, 2.05) is 18.2 Å². The monoisotopic (exact) mass is 404 g/mol. The molecule has 1 aromatic carbocycles. The molecule has 1 aliphatic carbocycles. The largest absolute Gasteiger partial charge is 0.381 e. The van der Waals surface area contributed by atoms with E-state index in [1.54, 1.807) is 0 Å². The first kappa shape index (κ1) is 15.8. The summed E-state index contributed by atoms with van der Waals surface area (Å²) >= 11 is 6.78. The third-order valence-electron chi connectivity index (χ3n) is 2.98. The number of carbonyl (C=O) groups excluding carboxylic acids is 1. The first-order valence-corrected chi connectivity index (χ1v) is 8.31. The van der Waals surface area contributed by atoms with E-state index in [-0.39, 0.29) is 6.03 Å². The van der Waals surface area contributed by atoms with Crippen LogP contribution in [0.5, 0.6) is 0 Å². The molecule has 0 atom stereocenters. The van der Waals surface area contributed by atoms with Crippen molar-refractivity contribution in [2.24, 2.45) is 5.92 Å². The number of halogens is 2. The van der Waals surface area contributed by atoms with Crippen LogP contribution in [0.4, 0.5) is 10.5 Å². The molecule has 0 saturated heterocycles. The van der Waals surface area contributed by atoms with Gasteiger partial charge in [-0.2, -0.15) is 0 Å². The van der Waals surface area contributed by atoms with E-state index in [0.717, 1.165) is 33.6 Å². The number of nitrogens with one attached hydrogen (secondary N) is 2. The van der Waals surface area contributed by atoms with Crippen molar-refractivity contribution < 1.29 is 9.53 Å². The first-order valence-electron chi connectivity index (χ1n) is 6.73. The number of hydrogen-bond acceptors (Lipinski definition) is 2. The van der Waals surface area contributed by atoms with Gasteiger partial charge in [0.1, 0.15) is 0 Å². The Kier molecular flexibility index (Phi) is 6.32. The Morgan fingerprint density at radius 2 is 2.15 bits per heavy atom. The molecule has 0 aromatic heterocycles. The lowest BCUT2D eigenvalue weighted by molar-refractivity contribution is 0.122. The minimum atomic E-state index is -0.199. The van der Waals surface area contributed by atoms with Crippen molar-refractivity contribution in [1.29, 1.82) is 0 Å². The van der Waals surface area contributed by atoms with Crippen molar-refractivity contribution in [3.05, 3.63) is 27.1 Å². The van der Waals surface area contributed by atoms with Gasteiger partial charge in [0.2, 0.25) is 0 Å². The van der Waals surface area contributed by atoms with E-state index in [4.69, 9.17) is 4.74 Å². The SMILES string of the molecule is O=C(NCCCOCC1CC1)Nc1ccc(Br)cc1Br. The summed E-state index contributed by atoms with van der Waals surface area (Å²) in [5, 5.41) is 5.61. The highest BCUT2D eigenvalue weighted by molar-refractivity contribution is 9.11. The molecule has 2 rings (SSSR count). The predicted octanol–water partition coefficient (Wildman–Crippen LogP) is 4.15. The van der Waals surface area contributed by atoms with Gasteiger partial charge >= 0.3 is 6.03 Å². The minimum Gasteiger partial charge on any atom is -0.381 e. The maximum absolute atomic E-state index is 11.7. The summed E-state index contributed by atoms with van der Waals surface area (Å²) in [6, 6.07) is 5.41. The van der Waals surface area contributed by atoms with Crippen LogP contribution in [0, 0.1) is 5.92 Å². The Morgan fingerprint density at radius 1 is 1.35 bits per heavy atom. The topological polar surface area (TPSA) is 50.4 Å². The summed E-state index contributed by atoms with van der Waals surface area (Å²) in [4.78, 5) is 11.7. The van der Waals surface area contributed by atoms with Crippen molar-refractivity contribution in [2.75, 3.05) is 25.1 Å². The second-order valence-electron chi connectivity index (χ2n) is 4.88. The van der Waals surface area contributed by atoms with Crippen LogP contribution in [-0.2, 0) is 4.74 Å². The fraction of sp³-hybridized carbons (Fsp3) is 0.500. The molecule has 110 valence electrons. The lowest BCUT2D eigenvalue weighted by atomic mass is 10.3. The van der Waals surface area contributed by atoms with E-state index in [1.165, 1.54) is 12.8 Å². The number of ether oxygens (including phenoxy) is 1. The highest BCUT2D eigenvalue weighted by Crippen LogP contribution is 2.28. The molecule has 1 saturated carbocycles. The highest BCUT2D eigenvalue weighted by Gasteiger charge is 2.20. The molecule has 6 heteroatoms. The van der Waals surface area contributed by atoms with E-state index in [2.05, 4.69) is 42.5 Å². The third kappa shape index (κ3) is 5.81. The third-order valence-corrected chi connectivity index (χ3v) is 4.13. The van der Waals surface area contributed by atoms with Crippen LogP contribution in [-0.4, -0.2) is 25.8 Å². The zero-order valence-electron chi connectivity index (χ0n) is 11.1. The van der Waals surface area contributed by atoms with Gasteiger partial charge in [-0.05, 0) is 59.3 Å². The first-order chi connectivity index (χ1) is 9.65. The van der Waals surface area contributed by atoms with Gasteiger partial charge in [-0.15, -0.1) is 0 Å². The quantitative estimate of drug-likeness (QED) is 0.669. The number of hydrogen-bond donors (Lipinski definition) is 2. The number of anilines is 1. The van der Waals surface area contributed by atoms with Crippen LogP contribution in [0.25, 0.3) is 0 Å². The van der Waals surface area contributed by atoms with Crippen molar-refractivity contribution in [2.45, 2.75) is 19.3 Å². The number of urea groups is 1. The molecular formula is C14H18Br2N2O2. The summed E-state index contributed by atoms with van der Waals surface area (Å²) < 4.78 is 7.31. The van der Waals surface area contributed by atoms with Crippen LogP contribution < -0.4 is 10.6 Å². The molecule has 0 unspecified atom stereocenters. The second kappa shape index (κ2) is 8.00. The molecule has 1 fully saturated rings. The maximum atomic E-state index is 11.7. The lowest BCUT2D eigenvalue weighted by Crippen LogP contribution is -2.30. The summed E-state index contributed by atoms with van der Waals surface area (Å²) in [5.74, 6) is 0.793. The molecule has 1 aromatic rings. The van der Waals surface area contributed by atoms with Crippen LogP contribution in [0.2, 0.25) is 0 Å². The van der Waals surface area contributed by atoms with Crippen LogP contribution >= 0.6 is 31.9 Å². The summed E-state index contributed by atoms with van der Waals surface area (Å²) in [7, 11) is 0. The van der Waals surface area contributed by atoms with Crippen molar-refractivity contribution in [3.8, 4) is 0 Å². The zero-order valence-corrected chi connectivity index (χ0v) is 14.3. The van der Waals surface area contributed by atoms with Crippen LogP contribution in [0.15, 0.2) is 27.1 Å². The zero-order chi connectivity index (χ0) is 14.4. The summed E-state index contributed by atoms with van der Waals surface area (Å²) in [5.41, 5.74) is 0.746. The van der Waals surface area contributed by atoms with Gasteiger partial charge in [0.15, 0.2) is 0 Å². The van der Waals surface area contributed by atoms with Gasteiger partial charge in [0.05, 0.1) is 5.69 Å². The molecule has 4 nitrogen and oxygen atoms in total. The fourth-order valence-electron chi connectivity index (χ4n) is 1.67. The average Bonchev–Trinajstić information content (AvgIpc) is 3.21. The van der Waals surface area contributed by atoms with E-state index >= 15 is 0 Å². The van der Waals surface area contributed by atoms with E-state index in [0.29, 0.717) is 13.2 Å². The molecule has 0 spiro atoms. The molecule has 20 heavy (non-hydrogen) atoms. The lowest BCUT2D eigenvalue weighted by Gasteiger charge is -2.09. The molecule has 0 radical (unpaired) electrons. The molecule has 0 bridgehead atoms. The normalized spacial score (nSPS) is 14.1. The Balaban J connectivity index is 1.59. The molecular weight excluding hydrogens is 388 g/mol. The standard InChI is InChI=1S/C14H18Br2N2O2/c15-11-4-5-13(12(16)8-11)18-14(19)17-6-1-7-20-9-10-2-3-10/h4-5,8,10H,1-3,6-7,9H2,(H2,17,18,19). The van der Waals surface area contributed by atoms with Gasteiger partial charge in [-0.1, -0.05) is 15.9 Å². The van der Waals surface area contributed by atoms with Crippen molar-refractivity contribution >= 4 is 43.6 Å². The average molecular weight is 406 g/mol. The van der Waals surface area contributed by atoms with Crippen LogP contribution in [0.1, 0.15) is 19.3 Å². The summed E-state index contributed by atoms with van der Waals surface area (Å²) in [6.07, 6.45) is 3.45. The van der Waals surface area contributed by atoms with Crippen molar-refractivity contribution in [3.63, 3.8) is 0 Å². The van der Waals surface area contributed by atoms with Crippen molar-refractivity contribution in [1.82, 2.24) is 5.32 Å². The fourth-order valence-corrected chi connectivity index (χ4v) is 2.81. The number of rotatable bonds is 7. The van der Waals surface area contributed by atoms with Gasteiger partial charge in [0, 0.05) is 28.7 Å². The van der Waals surface area contributed by atoms with E-state index in [9.17, 15) is 4.79 Å². The van der Waals surface area contributed by atoms with Gasteiger partial charge < -0.3 is 15.4 Å². The molecule has 2 N–H and O–H groups in total. The Bertz CT molecular complexity index is 464. The minimum absolute atomic E-state index is 0.199. The molecule has 1 aliphatic rings. The summed E-state index contributed by atoms with van der Waals surface area (Å²) in [6.45, 7) is 2.20. The predicted molar refractivity (Wildman–Crippen MR) is 87.0 cm³/mol. The molecule has 0 aliphatic heterocycles. The number of benzene rings is 1. The molecule has 0 heterocycles. The Morgan fingerprint density at radius 3 is 2.85 bits per heavy atom. The van der Waals surface area contributed by atoms with Gasteiger partial charge in [-0.25, -0.2) is 4.79 Å². The molecule has 2 amide bonds. The van der Waals surface area contributed by atoms with E-state index < -0.39 is 0 Å². The number of carbonyl (C=O) groups is 1. The Labute approximate surface area is 135 Å². The van der Waals surface area contributed by atoms with Crippen LogP contribution in [0.3, 0.4) is 0 Å². The van der Waals surface area contributed by atoms with Gasteiger partial charge in [0.25, 0.3) is 0 Å². The smallest absolute Gasteiger partial charge is 0.319 e. The van der Waals surface area contributed by atoms with Gasteiger partial charge in [-0.3, -0.25) is 0 Å². The number of amides is 2. The highest BCUT2D eigenvalue weighted by atomic mass is 79.9. The Hall–Kier alpha value is -0.590. The second-order valence-corrected chi connectivity index (χ2v) is 6.65.